The van der Waals surface area contributed by atoms with E-state index in [1.54, 1.807) is 6.08 Å². The minimum absolute atomic E-state index is 0.146. The summed E-state index contributed by atoms with van der Waals surface area (Å²) in [6, 6.07) is 0. The van der Waals surface area contributed by atoms with E-state index in [1.807, 2.05) is 0 Å². The van der Waals surface area contributed by atoms with Crippen LogP contribution in [0.3, 0.4) is 0 Å². The number of hydrogen-bond donors (Lipinski definition) is 0. The lowest BCUT2D eigenvalue weighted by atomic mass is 10.4. The molecule has 0 saturated carbocycles. The number of carbonyl (C=O) groups excluding carboxylic acids is 1. The predicted octanol–water partition coefficient (Wildman–Crippen LogP) is 1.45. The van der Waals surface area contributed by atoms with Crippen LogP contribution in [0.2, 0.25) is 0 Å². The normalized spacial score (nSPS) is 10.1. The van der Waals surface area contributed by atoms with Crippen LogP contribution < -0.4 is 0 Å². The van der Waals surface area contributed by atoms with Crippen LogP contribution >= 0.6 is 0 Å². The second kappa shape index (κ2) is 7.80. The van der Waals surface area contributed by atoms with Crippen LogP contribution in [-0.4, -0.2) is 37.1 Å². The lowest BCUT2D eigenvalue weighted by Crippen LogP contribution is -2.26. The highest BCUT2D eigenvalue weighted by Crippen LogP contribution is 1.93. The van der Waals surface area contributed by atoms with E-state index in [0.29, 0.717) is 13.0 Å². The molecule has 0 heterocycles. The molecule has 0 atom stereocenters. The summed E-state index contributed by atoms with van der Waals surface area (Å²) in [5.74, 6) is -0.146. The fraction of sp³-hybridized carbons (Fsp3) is 0.700. The van der Waals surface area contributed by atoms with Crippen molar-refractivity contribution in [3.05, 3.63) is 12.7 Å². The Labute approximate surface area is 80.4 Å². The molecule has 0 aliphatic carbocycles. The third kappa shape index (κ3) is 6.34. The van der Waals surface area contributed by atoms with Gasteiger partial charge in [0, 0.05) is 6.54 Å². The van der Waals surface area contributed by atoms with Crippen molar-refractivity contribution in [1.29, 1.82) is 0 Å². The number of carbonyl (C=O) groups is 1. The van der Waals surface area contributed by atoms with Crippen LogP contribution in [0.5, 0.6) is 0 Å². The van der Waals surface area contributed by atoms with Gasteiger partial charge in [-0.05, 0) is 13.1 Å². The number of hydrogen-bond acceptors (Lipinski definition) is 3. The molecule has 0 rings (SSSR count). The van der Waals surface area contributed by atoms with Crippen molar-refractivity contribution in [3.63, 3.8) is 0 Å². The smallest absolute Gasteiger partial charge is 0.307 e. The second-order valence-electron chi connectivity index (χ2n) is 2.75. The molecule has 0 aliphatic rings. The van der Waals surface area contributed by atoms with Gasteiger partial charge in [-0.3, -0.25) is 4.79 Å². The van der Waals surface area contributed by atoms with Gasteiger partial charge in [-0.1, -0.05) is 26.5 Å². The minimum Gasteiger partial charge on any atom is -0.461 e. The largest absolute Gasteiger partial charge is 0.461 e. The van der Waals surface area contributed by atoms with Crippen LogP contribution in [0, 0.1) is 0 Å². The molecule has 0 aliphatic heterocycles. The Morgan fingerprint density at radius 2 is 2.08 bits per heavy atom. The van der Waals surface area contributed by atoms with Crippen molar-refractivity contribution < 1.29 is 9.53 Å². The molecule has 0 bridgehead atoms. The average Bonchev–Trinajstić information content (AvgIpc) is 2.16. The number of nitrogens with zero attached hydrogens (tertiary/aromatic N) is 1. The van der Waals surface area contributed by atoms with Crippen LogP contribution in [0.4, 0.5) is 0 Å². The molecule has 0 amide bonds. The first-order valence-electron chi connectivity index (χ1n) is 4.73. The molecule has 0 spiro atoms. The van der Waals surface area contributed by atoms with Gasteiger partial charge in [0.2, 0.25) is 0 Å². The van der Waals surface area contributed by atoms with Crippen LogP contribution in [0.15, 0.2) is 12.7 Å². The summed E-state index contributed by atoms with van der Waals surface area (Å²) in [6.07, 6.45) is 2.05. The van der Waals surface area contributed by atoms with Crippen LogP contribution in [-0.2, 0) is 9.53 Å². The minimum atomic E-state index is -0.146. The Morgan fingerprint density at radius 3 is 2.54 bits per heavy atom. The average molecular weight is 185 g/mol. The van der Waals surface area contributed by atoms with E-state index < -0.39 is 0 Å². The summed E-state index contributed by atoms with van der Waals surface area (Å²) in [5, 5.41) is 0. The molecule has 76 valence electrons. The van der Waals surface area contributed by atoms with Crippen molar-refractivity contribution in [2.45, 2.75) is 20.3 Å². The summed E-state index contributed by atoms with van der Waals surface area (Å²) in [5.41, 5.74) is 0. The highest BCUT2D eigenvalue weighted by molar-refractivity contribution is 5.69. The van der Waals surface area contributed by atoms with Crippen molar-refractivity contribution in [2.75, 3.05) is 26.2 Å². The van der Waals surface area contributed by atoms with Gasteiger partial charge in [0.15, 0.2) is 0 Å². The first kappa shape index (κ1) is 12.2. The van der Waals surface area contributed by atoms with Gasteiger partial charge >= 0.3 is 5.97 Å². The molecule has 0 fully saturated rings. The fourth-order valence-electron chi connectivity index (χ4n) is 1.01. The molecule has 13 heavy (non-hydrogen) atoms. The number of rotatable bonds is 7. The quantitative estimate of drug-likeness (QED) is 0.444. The molecular weight excluding hydrogens is 166 g/mol. The summed E-state index contributed by atoms with van der Waals surface area (Å²) >= 11 is 0. The van der Waals surface area contributed by atoms with Crippen LogP contribution in [0.1, 0.15) is 20.3 Å². The summed E-state index contributed by atoms with van der Waals surface area (Å²) in [7, 11) is 0. The van der Waals surface area contributed by atoms with Crippen molar-refractivity contribution in [3.8, 4) is 0 Å². The molecule has 0 aromatic heterocycles. The van der Waals surface area contributed by atoms with E-state index in [9.17, 15) is 4.79 Å². The standard InChI is InChI=1S/C10H19NO2/c1-4-9-13-10(12)7-8-11(5-2)6-3/h4H,1,5-9H2,2-3H3. The zero-order chi connectivity index (χ0) is 10.1. The van der Waals surface area contributed by atoms with E-state index in [-0.39, 0.29) is 5.97 Å². The summed E-state index contributed by atoms with van der Waals surface area (Å²) in [4.78, 5) is 13.2. The Kier molecular flexibility index (Phi) is 7.30. The van der Waals surface area contributed by atoms with Crippen molar-refractivity contribution in [1.82, 2.24) is 4.90 Å². The highest BCUT2D eigenvalue weighted by atomic mass is 16.5. The van der Waals surface area contributed by atoms with E-state index in [4.69, 9.17) is 4.74 Å². The lowest BCUT2D eigenvalue weighted by molar-refractivity contribution is -0.142. The molecule has 0 saturated heterocycles. The zero-order valence-corrected chi connectivity index (χ0v) is 8.58. The molecular formula is C10H19NO2. The molecule has 0 radical (unpaired) electrons. The van der Waals surface area contributed by atoms with Gasteiger partial charge in [0.1, 0.15) is 6.61 Å². The Balaban J connectivity index is 3.49. The van der Waals surface area contributed by atoms with Gasteiger partial charge in [-0.2, -0.15) is 0 Å². The highest BCUT2D eigenvalue weighted by Gasteiger charge is 2.04. The Bertz CT molecular complexity index is 153. The first-order valence-corrected chi connectivity index (χ1v) is 4.73. The van der Waals surface area contributed by atoms with Gasteiger partial charge in [-0.15, -0.1) is 0 Å². The monoisotopic (exact) mass is 185 g/mol. The van der Waals surface area contributed by atoms with Crippen molar-refractivity contribution in [2.24, 2.45) is 0 Å². The van der Waals surface area contributed by atoms with Gasteiger partial charge in [0.05, 0.1) is 6.42 Å². The third-order valence-electron chi connectivity index (χ3n) is 1.89. The topological polar surface area (TPSA) is 29.5 Å². The molecule has 0 aromatic rings. The maximum Gasteiger partial charge on any atom is 0.307 e. The van der Waals surface area contributed by atoms with E-state index >= 15 is 0 Å². The fourth-order valence-corrected chi connectivity index (χ4v) is 1.01. The van der Waals surface area contributed by atoms with Gasteiger partial charge < -0.3 is 9.64 Å². The lowest BCUT2D eigenvalue weighted by Gasteiger charge is -2.16. The Morgan fingerprint density at radius 1 is 1.46 bits per heavy atom. The molecule has 3 heteroatoms. The van der Waals surface area contributed by atoms with Gasteiger partial charge in [-0.25, -0.2) is 0 Å². The van der Waals surface area contributed by atoms with E-state index in [2.05, 4.69) is 25.3 Å². The first-order chi connectivity index (χ1) is 6.24. The maximum absolute atomic E-state index is 11.0. The molecule has 0 unspecified atom stereocenters. The molecule has 0 aromatic carbocycles. The third-order valence-corrected chi connectivity index (χ3v) is 1.89. The number of esters is 1. The van der Waals surface area contributed by atoms with E-state index in [0.717, 1.165) is 19.6 Å². The van der Waals surface area contributed by atoms with Crippen LogP contribution in [0.25, 0.3) is 0 Å². The Hall–Kier alpha value is -0.830. The number of ether oxygens (including phenoxy) is 1. The zero-order valence-electron chi connectivity index (χ0n) is 8.58. The summed E-state index contributed by atoms with van der Waals surface area (Å²) < 4.78 is 4.85. The van der Waals surface area contributed by atoms with Gasteiger partial charge in [0.25, 0.3) is 0 Å². The molecule has 3 nitrogen and oxygen atoms in total. The maximum atomic E-state index is 11.0. The predicted molar refractivity (Wildman–Crippen MR) is 53.6 cm³/mol. The SMILES string of the molecule is C=CCOC(=O)CCN(CC)CC. The molecule has 0 N–H and O–H groups in total. The summed E-state index contributed by atoms with van der Waals surface area (Å²) in [6.45, 7) is 10.7. The second-order valence-corrected chi connectivity index (χ2v) is 2.75. The van der Waals surface area contributed by atoms with Crippen molar-refractivity contribution >= 4 is 5.97 Å². The van der Waals surface area contributed by atoms with E-state index in [1.165, 1.54) is 0 Å².